The lowest BCUT2D eigenvalue weighted by molar-refractivity contribution is 0.0214. The lowest BCUT2D eigenvalue weighted by Crippen LogP contribution is -2.50. The number of carbonyl (C=O) groups is 1. The number of pyridine rings is 1. The van der Waals surface area contributed by atoms with Gasteiger partial charge in [-0.05, 0) is 39.3 Å². The third kappa shape index (κ3) is 2.66. The van der Waals surface area contributed by atoms with Crippen molar-refractivity contribution in [1.29, 1.82) is 0 Å². The van der Waals surface area contributed by atoms with Crippen LogP contribution in [0.4, 0.5) is 15.0 Å². The summed E-state index contributed by atoms with van der Waals surface area (Å²) in [6, 6.07) is 3.19. The molecule has 6 heteroatoms. The van der Waals surface area contributed by atoms with Crippen molar-refractivity contribution in [1.82, 2.24) is 9.88 Å². The topological polar surface area (TPSA) is 45.7 Å². The molecule has 1 amide bonds. The molecule has 0 radical (unpaired) electrons. The van der Waals surface area contributed by atoms with Crippen molar-refractivity contribution >= 4 is 11.9 Å². The highest BCUT2D eigenvalue weighted by atomic mass is 19.1. The zero-order valence-corrected chi connectivity index (χ0v) is 12.5. The number of aromatic nitrogens is 1. The second-order valence-corrected chi connectivity index (χ2v) is 6.64. The van der Waals surface area contributed by atoms with Crippen LogP contribution in [-0.4, -0.2) is 46.8 Å². The molecule has 2 aliphatic rings. The Morgan fingerprint density at radius 1 is 1.38 bits per heavy atom. The van der Waals surface area contributed by atoms with E-state index in [0.717, 1.165) is 6.42 Å². The lowest BCUT2D eigenvalue weighted by atomic mass is 10.2. The number of amides is 1. The Labute approximate surface area is 123 Å². The summed E-state index contributed by atoms with van der Waals surface area (Å²) in [5, 5.41) is 0. The first-order chi connectivity index (χ1) is 9.85. The Bertz CT molecular complexity index is 558. The fraction of sp³-hybridized carbons (Fsp3) is 0.600. The summed E-state index contributed by atoms with van der Waals surface area (Å²) < 4.78 is 19.3. The second-order valence-electron chi connectivity index (χ2n) is 6.64. The van der Waals surface area contributed by atoms with Crippen molar-refractivity contribution < 1.29 is 13.9 Å². The first-order valence-corrected chi connectivity index (χ1v) is 7.22. The number of hydrogen-bond acceptors (Lipinski definition) is 4. The molecule has 2 saturated heterocycles. The molecule has 3 heterocycles. The molecule has 21 heavy (non-hydrogen) atoms. The van der Waals surface area contributed by atoms with Crippen LogP contribution in [0.3, 0.4) is 0 Å². The quantitative estimate of drug-likeness (QED) is 0.798. The van der Waals surface area contributed by atoms with Crippen LogP contribution in [0.1, 0.15) is 27.2 Å². The smallest absolute Gasteiger partial charge is 0.410 e. The Hall–Kier alpha value is -1.85. The van der Waals surface area contributed by atoms with Crippen LogP contribution >= 0.6 is 0 Å². The fourth-order valence-electron chi connectivity index (χ4n) is 3.06. The van der Waals surface area contributed by atoms with Crippen LogP contribution < -0.4 is 4.90 Å². The van der Waals surface area contributed by atoms with Crippen molar-refractivity contribution in [2.75, 3.05) is 18.0 Å². The molecule has 2 fully saturated rings. The highest BCUT2D eigenvalue weighted by Crippen LogP contribution is 2.35. The van der Waals surface area contributed by atoms with E-state index in [1.54, 1.807) is 17.2 Å². The number of rotatable bonds is 1. The van der Waals surface area contributed by atoms with Gasteiger partial charge in [-0.1, -0.05) is 0 Å². The number of anilines is 1. The number of halogens is 1. The maximum Gasteiger partial charge on any atom is 0.410 e. The maximum atomic E-state index is 13.8. The molecule has 0 saturated carbocycles. The summed E-state index contributed by atoms with van der Waals surface area (Å²) in [4.78, 5) is 20.0. The predicted octanol–water partition coefficient (Wildman–Crippen LogP) is 2.42. The highest BCUT2D eigenvalue weighted by Gasteiger charge is 2.47. The van der Waals surface area contributed by atoms with Gasteiger partial charge >= 0.3 is 6.09 Å². The molecule has 2 aliphatic heterocycles. The minimum atomic E-state index is -0.494. The molecule has 0 aliphatic carbocycles. The molecule has 0 spiro atoms. The van der Waals surface area contributed by atoms with Crippen LogP contribution in [0, 0.1) is 5.82 Å². The van der Waals surface area contributed by atoms with E-state index < -0.39 is 5.60 Å². The van der Waals surface area contributed by atoms with Gasteiger partial charge in [0, 0.05) is 19.3 Å². The lowest BCUT2D eigenvalue weighted by Gasteiger charge is -2.35. The zero-order valence-electron chi connectivity index (χ0n) is 12.5. The van der Waals surface area contributed by atoms with Gasteiger partial charge in [-0.15, -0.1) is 0 Å². The first-order valence-electron chi connectivity index (χ1n) is 7.22. The number of piperazine rings is 1. The van der Waals surface area contributed by atoms with E-state index in [-0.39, 0.29) is 24.0 Å². The molecule has 5 nitrogen and oxygen atoms in total. The standard InChI is InChI=1S/C15H20FN3O2/c1-15(2,3)21-14(20)19-9-10-7-11(19)8-18(10)13-12(16)5-4-6-17-13/h4-6,10-11H,7-9H2,1-3H3. The Morgan fingerprint density at radius 3 is 2.71 bits per heavy atom. The Balaban J connectivity index is 1.70. The molecule has 1 aromatic heterocycles. The number of fused-ring (bicyclic) bond motifs is 2. The number of nitrogens with zero attached hydrogens (tertiary/aromatic N) is 3. The number of ether oxygens (including phenoxy) is 1. The fourth-order valence-corrected chi connectivity index (χ4v) is 3.06. The van der Waals surface area contributed by atoms with E-state index in [0.29, 0.717) is 18.9 Å². The summed E-state index contributed by atoms with van der Waals surface area (Å²) in [6.45, 7) is 6.74. The minimum Gasteiger partial charge on any atom is -0.444 e. The minimum absolute atomic E-state index is 0.0752. The van der Waals surface area contributed by atoms with E-state index >= 15 is 0 Å². The van der Waals surface area contributed by atoms with Crippen molar-refractivity contribution in [3.05, 3.63) is 24.1 Å². The molecule has 2 atom stereocenters. The van der Waals surface area contributed by atoms with E-state index in [1.165, 1.54) is 6.07 Å². The average molecular weight is 293 g/mol. The first kappa shape index (κ1) is 14.1. The van der Waals surface area contributed by atoms with Crippen LogP contribution in [0.25, 0.3) is 0 Å². The van der Waals surface area contributed by atoms with E-state index in [9.17, 15) is 9.18 Å². The van der Waals surface area contributed by atoms with Crippen molar-refractivity contribution in [2.45, 2.75) is 44.9 Å². The molecule has 2 bridgehead atoms. The van der Waals surface area contributed by atoms with E-state index in [2.05, 4.69) is 4.98 Å². The molecule has 1 aromatic rings. The van der Waals surface area contributed by atoms with Gasteiger partial charge in [0.15, 0.2) is 11.6 Å². The van der Waals surface area contributed by atoms with Gasteiger partial charge in [0.25, 0.3) is 0 Å². The number of likely N-dealkylation sites (tertiary alicyclic amines) is 1. The van der Waals surface area contributed by atoms with E-state index in [1.807, 2.05) is 25.7 Å². The van der Waals surface area contributed by atoms with Crippen molar-refractivity contribution in [2.24, 2.45) is 0 Å². The SMILES string of the molecule is CC(C)(C)OC(=O)N1CC2CC1CN2c1ncccc1F. The van der Waals surface area contributed by atoms with Gasteiger partial charge < -0.3 is 14.5 Å². The molecule has 3 rings (SSSR count). The van der Waals surface area contributed by atoms with Crippen LogP contribution in [-0.2, 0) is 4.74 Å². The highest BCUT2D eigenvalue weighted by molar-refractivity contribution is 5.70. The zero-order chi connectivity index (χ0) is 15.2. The van der Waals surface area contributed by atoms with Gasteiger partial charge in [-0.2, -0.15) is 0 Å². The number of carbonyl (C=O) groups excluding carboxylic acids is 1. The second kappa shape index (κ2) is 4.86. The van der Waals surface area contributed by atoms with Gasteiger partial charge in [0.1, 0.15) is 5.60 Å². The van der Waals surface area contributed by atoms with E-state index in [4.69, 9.17) is 4.74 Å². The molecule has 0 aromatic carbocycles. The van der Waals surface area contributed by atoms with Crippen LogP contribution in [0.15, 0.2) is 18.3 Å². The predicted molar refractivity (Wildman–Crippen MR) is 76.7 cm³/mol. The monoisotopic (exact) mass is 293 g/mol. The third-order valence-electron chi connectivity index (χ3n) is 3.88. The van der Waals surface area contributed by atoms with Crippen molar-refractivity contribution in [3.8, 4) is 0 Å². The molecular formula is C15H20FN3O2. The Morgan fingerprint density at radius 2 is 2.14 bits per heavy atom. The van der Waals surface area contributed by atoms with Gasteiger partial charge in [0.05, 0.1) is 12.1 Å². The normalized spacial score (nSPS) is 24.6. The summed E-state index contributed by atoms with van der Waals surface area (Å²) in [5.74, 6) is 0.0720. The summed E-state index contributed by atoms with van der Waals surface area (Å²) in [5.41, 5.74) is -0.494. The molecular weight excluding hydrogens is 273 g/mol. The molecule has 114 valence electrons. The molecule has 0 N–H and O–H groups in total. The third-order valence-corrected chi connectivity index (χ3v) is 3.88. The van der Waals surface area contributed by atoms with Gasteiger partial charge in [-0.25, -0.2) is 14.2 Å². The van der Waals surface area contributed by atoms with Gasteiger partial charge in [0.2, 0.25) is 0 Å². The van der Waals surface area contributed by atoms with Crippen LogP contribution in [0.5, 0.6) is 0 Å². The maximum absolute atomic E-state index is 13.8. The Kier molecular flexibility index (Phi) is 3.26. The van der Waals surface area contributed by atoms with Crippen molar-refractivity contribution in [3.63, 3.8) is 0 Å². The number of hydrogen-bond donors (Lipinski definition) is 0. The summed E-state index contributed by atoms with van der Waals surface area (Å²) in [6.07, 6.45) is 2.15. The van der Waals surface area contributed by atoms with Crippen LogP contribution in [0.2, 0.25) is 0 Å². The summed E-state index contributed by atoms with van der Waals surface area (Å²) in [7, 11) is 0. The van der Waals surface area contributed by atoms with Gasteiger partial charge in [-0.3, -0.25) is 0 Å². The average Bonchev–Trinajstić information content (AvgIpc) is 2.96. The summed E-state index contributed by atoms with van der Waals surface area (Å²) >= 11 is 0. The largest absolute Gasteiger partial charge is 0.444 e. The molecule has 2 unspecified atom stereocenters.